The summed E-state index contributed by atoms with van der Waals surface area (Å²) in [7, 11) is 4.30. The topological polar surface area (TPSA) is 28.7 Å². The van der Waals surface area contributed by atoms with E-state index in [1.165, 1.54) is 27.9 Å². The van der Waals surface area contributed by atoms with Gasteiger partial charge in [-0.2, -0.15) is 4.59 Å². The van der Waals surface area contributed by atoms with Gasteiger partial charge < -0.3 is 4.42 Å². The number of anilines is 1. The van der Waals surface area contributed by atoms with Crippen LogP contribution in [0.5, 0.6) is 0 Å². The Labute approximate surface area is 171 Å². The number of quaternary nitrogens is 1. The average molecular weight is 385 g/mol. The van der Waals surface area contributed by atoms with Crippen LogP contribution in [-0.2, 0) is 0 Å². The number of benzene rings is 3. The van der Waals surface area contributed by atoms with Crippen LogP contribution in [0.2, 0.25) is 0 Å². The van der Waals surface area contributed by atoms with Gasteiger partial charge in [0.1, 0.15) is 11.2 Å². The van der Waals surface area contributed by atoms with Crippen LogP contribution >= 0.6 is 0 Å². The maximum atomic E-state index is 6.42. The van der Waals surface area contributed by atoms with Crippen molar-refractivity contribution in [1.29, 1.82) is 0 Å². The van der Waals surface area contributed by atoms with Crippen LogP contribution in [0.1, 0.15) is 28.4 Å². The summed E-state index contributed by atoms with van der Waals surface area (Å²) in [6.45, 7) is 6.50. The van der Waals surface area contributed by atoms with Crippen molar-refractivity contribution in [3.63, 3.8) is 0 Å². The number of fused-ring (bicyclic) bond motifs is 3. The van der Waals surface area contributed by atoms with Gasteiger partial charge in [-0.1, -0.05) is 53.6 Å². The summed E-state index contributed by atoms with van der Waals surface area (Å²) in [6.07, 6.45) is 1.99. The highest BCUT2D eigenvalue weighted by atomic mass is 16.3. The largest absolute Gasteiger partial charge is 0.455 e. The van der Waals surface area contributed by atoms with Gasteiger partial charge >= 0.3 is 0 Å². The second-order valence-electron chi connectivity index (χ2n) is 8.50. The minimum Gasteiger partial charge on any atom is -0.455 e. The first-order valence-electron chi connectivity index (χ1n) is 10.0. The van der Waals surface area contributed by atoms with Crippen molar-refractivity contribution < 1.29 is 9.01 Å². The van der Waals surface area contributed by atoms with Crippen molar-refractivity contribution in [2.24, 2.45) is 5.10 Å². The second-order valence-corrected chi connectivity index (χ2v) is 8.50. The average Bonchev–Trinajstić information content (AvgIpc) is 3.19. The third-order valence-electron chi connectivity index (χ3n) is 6.09. The Kier molecular flexibility index (Phi) is 3.83. The molecule has 1 aromatic heterocycles. The highest BCUT2D eigenvalue weighted by molar-refractivity contribution is 6.06. The van der Waals surface area contributed by atoms with Gasteiger partial charge in [-0.05, 0) is 43.5 Å². The molecule has 0 radical (unpaired) electrons. The fraction of sp³-hybridized carbons (Fsp3) is 0.240. The molecule has 4 heteroatoms. The lowest BCUT2D eigenvalue weighted by Crippen LogP contribution is -2.42. The number of nitrogens with zero attached hydrogens (tertiary/aromatic N) is 3. The Balaban J connectivity index is 1.81. The predicted molar refractivity (Wildman–Crippen MR) is 120 cm³/mol. The highest BCUT2D eigenvalue weighted by Gasteiger charge is 2.44. The van der Waals surface area contributed by atoms with E-state index in [0.29, 0.717) is 4.59 Å². The standard InChI is InChI=1S/C25H26N3O/c1-16-13-14-20-19-11-6-7-12-21(19)29-24(20)22(16)25-27(15-26-28(25,4)5)23-17(2)9-8-10-18(23)3/h6-15,25H,1-5H3/q+1. The number of furan rings is 1. The molecule has 0 saturated carbocycles. The van der Waals surface area contributed by atoms with Crippen LogP contribution in [0.25, 0.3) is 21.9 Å². The maximum absolute atomic E-state index is 6.42. The van der Waals surface area contributed by atoms with Gasteiger partial charge in [0.2, 0.25) is 6.17 Å². The summed E-state index contributed by atoms with van der Waals surface area (Å²) in [6, 6.07) is 19.1. The van der Waals surface area contributed by atoms with Crippen LogP contribution in [-0.4, -0.2) is 25.0 Å². The van der Waals surface area contributed by atoms with E-state index in [1.54, 1.807) is 0 Å². The molecule has 3 aromatic carbocycles. The summed E-state index contributed by atoms with van der Waals surface area (Å²) in [4.78, 5) is 2.32. The first kappa shape index (κ1) is 18.0. The molecular formula is C25H26N3O+. The molecule has 1 aliphatic heterocycles. The van der Waals surface area contributed by atoms with Crippen LogP contribution in [0.4, 0.5) is 5.69 Å². The van der Waals surface area contributed by atoms with Crippen LogP contribution < -0.4 is 4.90 Å². The van der Waals surface area contributed by atoms with Crippen LogP contribution in [0, 0.1) is 20.8 Å². The molecule has 4 nitrogen and oxygen atoms in total. The third-order valence-corrected chi connectivity index (χ3v) is 6.09. The van der Waals surface area contributed by atoms with Gasteiger partial charge in [-0.25, -0.2) is 0 Å². The van der Waals surface area contributed by atoms with Gasteiger partial charge in [0, 0.05) is 10.8 Å². The maximum Gasteiger partial charge on any atom is 0.224 e. The molecule has 2 heterocycles. The summed E-state index contributed by atoms with van der Waals surface area (Å²) >= 11 is 0. The van der Waals surface area contributed by atoms with E-state index in [2.05, 4.69) is 82.2 Å². The Hall–Kier alpha value is -3.11. The van der Waals surface area contributed by atoms with E-state index in [4.69, 9.17) is 9.52 Å². The highest BCUT2D eigenvalue weighted by Crippen LogP contribution is 2.44. The van der Waals surface area contributed by atoms with Gasteiger partial charge in [0.25, 0.3) is 0 Å². The zero-order chi connectivity index (χ0) is 20.3. The Morgan fingerprint density at radius 1 is 0.828 bits per heavy atom. The van der Waals surface area contributed by atoms with E-state index >= 15 is 0 Å². The van der Waals surface area contributed by atoms with E-state index < -0.39 is 0 Å². The molecule has 1 aliphatic rings. The number of rotatable bonds is 2. The quantitative estimate of drug-likeness (QED) is 0.394. The first-order chi connectivity index (χ1) is 13.9. The molecule has 0 amide bonds. The van der Waals surface area contributed by atoms with Gasteiger partial charge in [0.15, 0.2) is 6.34 Å². The third kappa shape index (κ3) is 2.60. The molecule has 0 fully saturated rings. The minimum atomic E-state index is -0.000868. The Morgan fingerprint density at radius 2 is 1.55 bits per heavy atom. The molecule has 0 N–H and O–H groups in total. The first-order valence-corrected chi connectivity index (χ1v) is 10.0. The van der Waals surface area contributed by atoms with Crippen LogP contribution in [0.15, 0.2) is 64.1 Å². The number of hydrogen-bond acceptors (Lipinski definition) is 3. The van der Waals surface area contributed by atoms with Crippen molar-refractivity contribution in [3.05, 3.63) is 76.9 Å². The molecule has 146 valence electrons. The summed E-state index contributed by atoms with van der Waals surface area (Å²) in [5.74, 6) is 0. The molecule has 5 rings (SSSR count). The zero-order valence-electron chi connectivity index (χ0n) is 17.6. The molecule has 1 atom stereocenters. The van der Waals surface area contributed by atoms with Gasteiger partial charge in [-0.3, -0.25) is 4.90 Å². The molecule has 0 saturated heterocycles. The van der Waals surface area contributed by atoms with Crippen molar-refractivity contribution >= 4 is 34.0 Å². The Bertz CT molecular complexity index is 1260. The fourth-order valence-corrected chi connectivity index (χ4v) is 4.70. The molecule has 1 unspecified atom stereocenters. The van der Waals surface area contributed by atoms with E-state index in [-0.39, 0.29) is 6.17 Å². The Morgan fingerprint density at radius 3 is 2.31 bits per heavy atom. The number of aryl methyl sites for hydroxylation is 3. The summed E-state index contributed by atoms with van der Waals surface area (Å²) in [5, 5.41) is 7.19. The molecule has 0 aliphatic carbocycles. The number of para-hydroxylation sites is 2. The molecule has 0 spiro atoms. The number of hydrogen-bond donors (Lipinski definition) is 0. The normalized spacial score (nSPS) is 18.2. The molecule has 4 aromatic rings. The zero-order valence-corrected chi connectivity index (χ0v) is 17.6. The predicted octanol–water partition coefficient (Wildman–Crippen LogP) is 6.05. The van der Waals surface area contributed by atoms with Crippen molar-refractivity contribution in [2.75, 3.05) is 19.0 Å². The minimum absolute atomic E-state index is 0.000868. The van der Waals surface area contributed by atoms with Crippen molar-refractivity contribution in [1.82, 2.24) is 0 Å². The lowest BCUT2D eigenvalue weighted by Gasteiger charge is -2.34. The fourth-order valence-electron chi connectivity index (χ4n) is 4.70. The molecule has 29 heavy (non-hydrogen) atoms. The summed E-state index contributed by atoms with van der Waals surface area (Å²) < 4.78 is 6.91. The van der Waals surface area contributed by atoms with E-state index in [1.807, 2.05) is 18.5 Å². The SMILES string of the molecule is Cc1cccc(C)c1N1C=N[N+](C)(C)C1c1c(C)ccc2c1oc1ccccc12. The van der Waals surface area contributed by atoms with E-state index in [0.717, 1.165) is 21.9 Å². The lowest BCUT2D eigenvalue weighted by atomic mass is 9.99. The summed E-state index contributed by atoms with van der Waals surface area (Å²) in [5.41, 5.74) is 8.02. The van der Waals surface area contributed by atoms with E-state index in [9.17, 15) is 0 Å². The smallest absolute Gasteiger partial charge is 0.224 e. The van der Waals surface area contributed by atoms with Crippen LogP contribution in [0.3, 0.4) is 0 Å². The van der Waals surface area contributed by atoms with Gasteiger partial charge in [-0.15, -0.1) is 0 Å². The molecular weight excluding hydrogens is 358 g/mol. The molecule has 0 bridgehead atoms. The van der Waals surface area contributed by atoms with Gasteiger partial charge in [0.05, 0.1) is 25.3 Å². The van der Waals surface area contributed by atoms with Crippen molar-refractivity contribution in [2.45, 2.75) is 26.9 Å². The van der Waals surface area contributed by atoms with Crippen molar-refractivity contribution in [3.8, 4) is 0 Å². The monoisotopic (exact) mass is 384 g/mol. The second kappa shape index (κ2) is 6.19. The lowest BCUT2D eigenvalue weighted by molar-refractivity contribution is -0.920.